The standard InChI is InChI=1S/C38H45N5O4S/c1-42(36(44)27-47-26-32-10-6-19-40-32)35(24-29-12-14-31(15-13-29)30-8-4-3-5-9-30)38(46)43(2)34(25-33-11-7-23-48-33)37(45)41-22-18-28-16-20-39-21-17-28/h3-5,7-9,11-17,20-21,23,32,34-35,40H,6,10,18-19,22,24-27H2,1-2H3,(H,41,45)/t32-,34+,35+/m0/s1. The molecule has 252 valence electrons. The number of ether oxygens (including phenoxy) is 1. The normalized spacial score (nSPS) is 15.4. The monoisotopic (exact) mass is 667 g/mol. The Kier molecular flexibility index (Phi) is 12.9. The number of benzene rings is 2. The highest BCUT2D eigenvalue weighted by atomic mass is 32.1. The van der Waals surface area contributed by atoms with Crippen molar-refractivity contribution < 1.29 is 19.1 Å². The molecular formula is C38H45N5O4S. The van der Waals surface area contributed by atoms with Crippen molar-refractivity contribution in [1.82, 2.24) is 25.4 Å². The smallest absolute Gasteiger partial charge is 0.249 e. The van der Waals surface area contributed by atoms with E-state index in [1.165, 1.54) is 9.80 Å². The van der Waals surface area contributed by atoms with Crippen molar-refractivity contribution in [2.75, 3.05) is 40.4 Å². The molecule has 10 heteroatoms. The number of pyridine rings is 1. The van der Waals surface area contributed by atoms with Gasteiger partial charge < -0.3 is 25.2 Å². The van der Waals surface area contributed by atoms with Gasteiger partial charge in [0, 0.05) is 56.8 Å². The van der Waals surface area contributed by atoms with Crippen LogP contribution in [0.2, 0.25) is 0 Å². The first kappa shape index (κ1) is 34.9. The molecule has 48 heavy (non-hydrogen) atoms. The summed E-state index contributed by atoms with van der Waals surface area (Å²) in [5.41, 5.74) is 4.14. The Hall–Kier alpha value is -4.38. The highest BCUT2D eigenvalue weighted by Gasteiger charge is 2.35. The molecule has 1 fully saturated rings. The van der Waals surface area contributed by atoms with Gasteiger partial charge in [0.15, 0.2) is 0 Å². The third-order valence-corrected chi connectivity index (χ3v) is 9.80. The topological polar surface area (TPSA) is 104 Å². The van der Waals surface area contributed by atoms with E-state index in [0.717, 1.165) is 46.5 Å². The van der Waals surface area contributed by atoms with Crippen molar-refractivity contribution in [2.45, 2.75) is 50.2 Å². The van der Waals surface area contributed by atoms with Crippen LogP contribution < -0.4 is 10.6 Å². The second-order valence-electron chi connectivity index (χ2n) is 12.2. The molecular weight excluding hydrogens is 623 g/mol. The number of carbonyl (C=O) groups is 3. The SMILES string of the molecule is CN(C(=O)COC[C@@H]1CCCN1)[C@H](Cc1ccc(-c2ccccc2)cc1)C(=O)N(C)[C@H](Cc1cccs1)C(=O)NCCc1ccncc1. The number of hydrogen-bond donors (Lipinski definition) is 2. The third-order valence-electron chi connectivity index (χ3n) is 8.90. The van der Waals surface area contributed by atoms with E-state index >= 15 is 0 Å². The van der Waals surface area contributed by atoms with Gasteiger partial charge in [0.25, 0.3) is 0 Å². The molecule has 0 aliphatic carbocycles. The first-order valence-corrected chi connectivity index (χ1v) is 17.4. The Bertz CT molecular complexity index is 1580. The minimum Gasteiger partial charge on any atom is -0.370 e. The van der Waals surface area contributed by atoms with Gasteiger partial charge in [-0.2, -0.15) is 0 Å². The van der Waals surface area contributed by atoms with Crippen molar-refractivity contribution >= 4 is 29.1 Å². The van der Waals surface area contributed by atoms with E-state index in [-0.39, 0.29) is 30.4 Å². The second-order valence-corrected chi connectivity index (χ2v) is 13.3. The summed E-state index contributed by atoms with van der Waals surface area (Å²) in [4.78, 5) is 49.7. The van der Waals surface area contributed by atoms with Crippen LogP contribution in [0.4, 0.5) is 0 Å². The van der Waals surface area contributed by atoms with E-state index < -0.39 is 12.1 Å². The van der Waals surface area contributed by atoms with E-state index in [4.69, 9.17) is 4.74 Å². The highest BCUT2D eigenvalue weighted by Crippen LogP contribution is 2.22. The lowest BCUT2D eigenvalue weighted by atomic mass is 9.98. The Morgan fingerprint density at radius 1 is 0.896 bits per heavy atom. The van der Waals surface area contributed by atoms with E-state index in [1.807, 2.05) is 72.1 Å². The second kappa shape index (κ2) is 17.7. The number of likely N-dealkylation sites (N-methyl/N-ethyl adjacent to an activating group) is 2. The van der Waals surface area contributed by atoms with Crippen LogP contribution in [0.5, 0.6) is 0 Å². The molecule has 0 radical (unpaired) electrons. The molecule has 0 saturated carbocycles. The van der Waals surface area contributed by atoms with Gasteiger partial charge >= 0.3 is 0 Å². The van der Waals surface area contributed by atoms with Gasteiger partial charge in [0.1, 0.15) is 18.7 Å². The molecule has 1 aliphatic rings. The number of nitrogens with one attached hydrogen (secondary N) is 2. The molecule has 1 aliphatic heterocycles. The van der Waals surface area contributed by atoms with Gasteiger partial charge in [-0.3, -0.25) is 19.4 Å². The van der Waals surface area contributed by atoms with Gasteiger partial charge in [-0.1, -0.05) is 60.7 Å². The largest absolute Gasteiger partial charge is 0.370 e. The molecule has 0 spiro atoms. The van der Waals surface area contributed by atoms with Crippen molar-refractivity contribution in [1.29, 1.82) is 0 Å². The van der Waals surface area contributed by atoms with Gasteiger partial charge in [-0.05, 0) is 71.6 Å². The minimum absolute atomic E-state index is 0.122. The fourth-order valence-corrected chi connectivity index (χ4v) is 6.69. The Labute approximate surface area is 287 Å². The van der Waals surface area contributed by atoms with Crippen molar-refractivity contribution in [3.63, 3.8) is 0 Å². The van der Waals surface area contributed by atoms with Crippen LogP contribution in [0.15, 0.2) is 96.6 Å². The summed E-state index contributed by atoms with van der Waals surface area (Å²) < 4.78 is 5.80. The third kappa shape index (κ3) is 9.82. The fraction of sp³-hybridized carbons (Fsp3) is 0.368. The average molecular weight is 668 g/mol. The molecule has 0 bridgehead atoms. The van der Waals surface area contributed by atoms with E-state index in [0.29, 0.717) is 32.4 Å². The van der Waals surface area contributed by atoms with Crippen LogP contribution in [0, 0.1) is 0 Å². The van der Waals surface area contributed by atoms with Gasteiger partial charge in [0.05, 0.1) is 6.61 Å². The van der Waals surface area contributed by atoms with Crippen LogP contribution >= 0.6 is 11.3 Å². The fourth-order valence-electron chi connectivity index (χ4n) is 5.95. The van der Waals surface area contributed by atoms with Crippen LogP contribution in [0.1, 0.15) is 28.8 Å². The van der Waals surface area contributed by atoms with Gasteiger partial charge in [-0.25, -0.2) is 0 Å². The summed E-state index contributed by atoms with van der Waals surface area (Å²) in [7, 11) is 3.31. The molecule has 3 amide bonds. The van der Waals surface area contributed by atoms with Crippen molar-refractivity contribution in [3.05, 3.63) is 113 Å². The molecule has 9 nitrogen and oxygen atoms in total. The first-order valence-electron chi connectivity index (χ1n) is 16.6. The molecule has 5 rings (SSSR count). The maximum absolute atomic E-state index is 14.4. The summed E-state index contributed by atoms with van der Waals surface area (Å²) in [5.74, 6) is -0.820. The zero-order valence-electron chi connectivity index (χ0n) is 27.7. The maximum Gasteiger partial charge on any atom is 0.249 e. The zero-order chi connectivity index (χ0) is 33.7. The summed E-state index contributed by atoms with van der Waals surface area (Å²) in [5, 5.41) is 8.38. The number of thiophene rings is 1. The number of amides is 3. The van der Waals surface area contributed by atoms with E-state index in [1.54, 1.807) is 37.8 Å². The van der Waals surface area contributed by atoms with Gasteiger partial charge in [0.2, 0.25) is 17.7 Å². The number of rotatable bonds is 16. The summed E-state index contributed by atoms with van der Waals surface area (Å²) >= 11 is 1.55. The molecule has 0 unspecified atom stereocenters. The van der Waals surface area contributed by atoms with E-state index in [2.05, 4.69) is 27.8 Å². The quantitative estimate of drug-likeness (QED) is 0.184. The molecule has 4 aromatic rings. The number of carbonyl (C=O) groups excluding carboxylic acids is 3. The average Bonchev–Trinajstić information content (AvgIpc) is 3.85. The van der Waals surface area contributed by atoms with Crippen molar-refractivity contribution in [3.8, 4) is 11.1 Å². The molecule has 2 aromatic carbocycles. The predicted molar refractivity (Wildman–Crippen MR) is 190 cm³/mol. The summed E-state index contributed by atoms with van der Waals surface area (Å²) in [6, 6.07) is 24.6. The van der Waals surface area contributed by atoms with Crippen LogP contribution in [0.25, 0.3) is 11.1 Å². The predicted octanol–water partition coefficient (Wildman–Crippen LogP) is 4.38. The Morgan fingerprint density at radius 3 is 2.33 bits per heavy atom. The lowest BCUT2D eigenvalue weighted by Crippen LogP contribution is -2.56. The van der Waals surface area contributed by atoms with E-state index in [9.17, 15) is 14.4 Å². The summed E-state index contributed by atoms with van der Waals surface area (Å²) in [6.45, 7) is 1.71. The molecule has 3 atom stereocenters. The lowest BCUT2D eigenvalue weighted by Gasteiger charge is -2.34. The van der Waals surface area contributed by atoms with Crippen LogP contribution in [-0.2, 0) is 38.4 Å². The Balaban J connectivity index is 1.33. The molecule has 1 saturated heterocycles. The van der Waals surface area contributed by atoms with Gasteiger partial charge in [-0.15, -0.1) is 11.3 Å². The lowest BCUT2D eigenvalue weighted by molar-refractivity contribution is -0.149. The Morgan fingerprint density at radius 2 is 1.65 bits per heavy atom. The zero-order valence-corrected chi connectivity index (χ0v) is 28.5. The maximum atomic E-state index is 14.4. The van der Waals surface area contributed by atoms with Crippen LogP contribution in [-0.4, -0.2) is 91.0 Å². The number of aromatic nitrogens is 1. The molecule has 2 N–H and O–H groups in total. The van der Waals surface area contributed by atoms with Crippen LogP contribution in [0.3, 0.4) is 0 Å². The number of hydrogen-bond acceptors (Lipinski definition) is 7. The minimum atomic E-state index is -0.839. The molecule has 3 heterocycles. The first-order chi connectivity index (χ1) is 23.4. The highest BCUT2D eigenvalue weighted by molar-refractivity contribution is 7.09. The van der Waals surface area contributed by atoms with Crippen molar-refractivity contribution in [2.24, 2.45) is 0 Å². The molecule has 2 aromatic heterocycles. The summed E-state index contributed by atoms with van der Waals surface area (Å²) in [6.07, 6.45) is 6.88. The number of nitrogens with zero attached hydrogens (tertiary/aromatic N) is 3.